The highest BCUT2D eigenvalue weighted by Gasteiger charge is 2.37. The second-order valence-electron chi connectivity index (χ2n) is 7.11. The number of hydrogen-bond acceptors (Lipinski definition) is 4. The second-order valence-corrected chi connectivity index (χ2v) is 7.11. The Balaban J connectivity index is 1.84. The van der Waals surface area contributed by atoms with Gasteiger partial charge >= 0.3 is 0 Å². The van der Waals surface area contributed by atoms with Gasteiger partial charge in [0.05, 0.1) is 17.9 Å². The SMILES string of the molecule is O=Cc1ccc(F)cc1-c1c2c3c4nc(nc3n1-c1c(F)cccc1F)N(C4)C2. The van der Waals surface area contributed by atoms with Crippen LogP contribution in [0.2, 0.25) is 0 Å². The molecule has 2 aromatic heterocycles. The van der Waals surface area contributed by atoms with Crippen molar-refractivity contribution in [1.82, 2.24) is 14.5 Å². The van der Waals surface area contributed by atoms with E-state index in [1.54, 1.807) is 0 Å². The highest BCUT2D eigenvalue weighted by Crippen LogP contribution is 2.45. The van der Waals surface area contributed by atoms with Crippen LogP contribution in [0.15, 0.2) is 36.4 Å². The molecule has 6 rings (SSSR count). The Kier molecular flexibility index (Phi) is 3.05. The predicted molar refractivity (Wildman–Crippen MR) is 99.4 cm³/mol. The lowest BCUT2D eigenvalue weighted by molar-refractivity contribution is 0.112. The summed E-state index contributed by atoms with van der Waals surface area (Å²) in [6.07, 6.45) is 0.603. The highest BCUT2D eigenvalue weighted by molar-refractivity contribution is 5.99. The van der Waals surface area contributed by atoms with E-state index in [1.165, 1.54) is 28.8 Å². The maximum absolute atomic E-state index is 14.8. The fraction of sp³-hybridized carbons (Fsp3) is 0.0952. The van der Waals surface area contributed by atoms with Gasteiger partial charge in [-0.3, -0.25) is 9.36 Å². The van der Waals surface area contributed by atoms with Crippen LogP contribution < -0.4 is 4.90 Å². The first-order chi connectivity index (χ1) is 14.1. The predicted octanol–water partition coefficient (Wildman–Crippen LogP) is 4.15. The minimum absolute atomic E-state index is 0.218. The zero-order chi connectivity index (χ0) is 19.9. The third-order valence-electron chi connectivity index (χ3n) is 5.51. The number of aldehydes is 1. The lowest BCUT2D eigenvalue weighted by Crippen LogP contribution is -2.21. The van der Waals surface area contributed by atoms with Gasteiger partial charge in [-0.25, -0.2) is 18.2 Å². The van der Waals surface area contributed by atoms with E-state index in [-0.39, 0.29) is 16.8 Å². The Morgan fingerprint density at radius 1 is 1.00 bits per heavy atom. The standard InChI is InChI=1S/C21H11F3N4O/c22-11-5-4-10(9-29)12(6-11)18-13-7-27-8-16-17(13)20(26-21(27)25-16)28(18)19-14(23)2-1-3-15(19)24/h1-6,9H,7-8H2. The maximum atomic E-state index is 14.8. The molecule has 0 N–H and O–H groups in total. The van der Waals surface area contributed by atoms with Gasteiger partial charge in [-0.15, -0.1) is 0 Å². The third kappa shape index (κ3) is 2.03. The molecule has 0 saturated carbocycles. The molecule has 0 unspecified atom stereocenters. The van der Waals surface area contributed by atoms with Gasteiger partial charge in [0.2, 0.25) is 5.95 Å². The number of aromatic nitrogens is 3. The number of rotatable bonds is 3. The van der Waals surface area contributed by atoms with E-state index < -0.39 is 17.5 Å². The van der Waals surface area contributed by atoms with Crippen LogP contribution >= 0.6 is 0 Å². The van der Waals surface area contributed by atoms with E-state index in [1.807, 2.05) is 4.90 Å². The number of carbonyl (C=O) groups is 1. The molecule has 5 nitrogen and oxygen atoms in total. The van der Waals surface area contributed by atoms with Crippen molar-refractivity contribution in [3.8, 4) is 16.9 Å². The number of carbonyl (C=O) groups excluding carboxylic acids is 1. The summed E-state index contributed by atoms with van der Waals surface area (Å²) < 4.78 is 45.1. The number of hydrogen-bond donors (Lipinski definition) is 0. The average molecular weight is 392 g/mol. The Hall–Kier alpha value is -3.68. The van der Waals surface area contributed by atoms with Gasteiger partial charge in [-0.2, -0.15) is 4.98 Å². The number of para-hydroxylation sites is 1. The summed E-state index contributed by atoms with van der Waals surface area (Å²) in [4.78, 5) is 22.6. The minimum Gasteiger partial charge on any atom is -0.330 e. The summed E-state index contributed by atoms with van der Waals surface area (Å²) in [5, 5.41) is 0.696. The Bertz CT molecular complexity index is 1360. The zero-order valence-electron chi connectivity index (χ0n) is 14.8. The lowest BCUT2D eigenvalue weighted by Gasteiger charge is -2.21. The first-order valence-electron chi connectivity index (χ1n) is 8.95. The van der Waals surface area contributed by atoms with E-state index in [4.69, 9.17) is 0 Å². The summed E-state index contributed by atoms with van der Waals surface area (Å²) in [6, 6.07) is 7.32. The van der Waals surface area contributed by atoms with Crippen molar-refractivity contribution < 1.29 is 18.0 Å². The Morgan fingerprint density at radius 3 is 2.55 bits per heavy atom. The molecule has 0 amide bonds. The van der Waals surface area contributed by atoms with Crippen LogP contribution in [-0.4, -0.2) is 20.8 Å². The maximum Gasteiger partial charge on any atom is 0.228 e. The summed E-state index contributed by atoms with van der Waals surface area (Å²) in [5.41, 5.74) is 2.33. The molecule has 0 saturated heterocycles. The average Bonchev–Trinajstić information content (AvgIpc) is 3.09. The van der Waals surface area contributed by atoms with Crippen LogP contribution in [0.5, 0.6) is 0 Å². The molecule has 0 atom stereocenters. The fourth-order valence-electron chi connectivity index (χ4n) is 4.33. The normalized spacial score (nSPS) is 13.8. The Morgan fingerprint density at radius 2 is 1.79 bits per heavy atom. The molecule has 0 fully saturated rings. The summed E-state index contributed by atoms with van der Waals surface area (Å²) >= 11 is 0. The molecule has 2 aromatic carbocycles. The van der Waals surface area contributed by atoms with Crippen LogP contribution in [0.3, 0.4) is 0 Å². The minimum atomic E-state index is -0.780. The number of fused-ring (bicyclic) bond motifs is 3. The number of anilines is 1. The largest absolute Gasteiger partial charge is 0.330 e. The summed E-state index contributed by atoms with van der Waals surface area (Å²) in [7, 11) is 0. The first-order valence-corrected chi connectivity index (χ1v) is 8.95. The van der Waals surface area contributed by atoms with Crippen molar-refractivity contribution in [3.05, 3.63) is 70.7 Å². The van der Waals surface area contributed by atoms with Crippen LogP contribution in [0.4, 0.5) is 19.1 Å². The molecule has 3 bridgehead atoms. The number of benzene rings is 2. The Labute approximate surface area is 162 Å². The molecular weight excluding hydrogens is 381 g/mol. The van der Waals surface area contributed by atoms with E-state index in [0.717, 1.165) is 23.4 Å². The van der Waals surface area contributed by atoms with Gasteiger partial charge in [-0.05, 0) is 30.3 Å². The van der Waals surface area contributed by atoms with E-state index in [0.29, 0.717) is 42.1 Å². The smallest absolute Gasteiger partial charge is 0.228 e. The fourth-order valence-corrected chi connectivity index (χ4v) is 4.33. The van der Waals surface area contributed by atoms with E-state index in [9.17, 15) is 18.0 Å². The molecule has 4 heterocycles. The molecule has 2 aliphatic rings. The van der Waals surface area contributed by atoms with Crippen molar-refractivity contribution in [3.63, 3.8) is 0 Å². The summed E-state index contributed by atoms with van der Waals surface area (Å²) in [5.74, 6) is -1.63. The number of halogens is 3. The van der Waals surface area contributed by atoms with Gasteiger partial charge in [-0.1, -0.05) is 6.07 Å². The monoisotopic (exact) mass is 392 g/mol. The molecule has 29 heavy (non-hydrogen) atoms. The van der Waals surface area contributed by atoms with Crippen molar-refractivity contribution >= 4 is 23.3 Å². The van der Waals surface area contributed by atoms with Crippen molar-refractivity contribution in [2.75, 3.05) is 4.90 Å². The van der Waals surface area contributed by atoms with E-state index >= 15 is 0 Å². The molecule has 8 heteroatoms. The summed E-state index contributed by atoms with van der Waals surface area (Å²) in [6.45, 7) is 0.965. The zero-order valence-corrected chi connectivity index (χ0v) is 14.8. The van der Waals surface area contributed by atoms with Crippen molar-refractivity contribution in [1.29, 1.82) is 0 Å². The van der Waals surface area contributed by atoms with Gasteiger partial charge < -0.3 is 4.90 Å². The van der Waals surface area contributed by atoms with E-state index in [2.05, 4.69) is 9.97 Å². The third-order valence-corrected chi connectivity index (χ3v) is 5.51. The molecule has 0 aliphatic carbocycles. The van der Waals surface area contributed by atoms with Crippen LogP contribution in [0.25, 0.3) is 28.0 Å². The molecule has 2 aliphatic heterocycles. The highest BCUT2D eigenvalue weighted by atomic mass is 19.1. The topological polar surface area (TPSA) is 51.0 Å². The molecular formula is C21H11F3N4O. The van der Waals surface area contributed by atoms with Crippen molar-refractivity contribution in [2.45, 2.75) is 13.1 Å². The van der Waals surface area contributed by atoms with Gasteiger partial charge in [0.15, 0.2) is 11.9 Å². The van der Waals surface area contributed by atoms with Crippen molar-refractivity contribution in [2.24, 2.45) is 0 Å². The molecule has 142 valence electrons. The molecule has 0 radical (unpaired) electrons. The quantitative estimate of drug-likeness (QED) is 0.492. The molecule has 4 aromatic rings. The van der Waals surface area contributed by atoms with Crippen LogP contribution in [0.1, 0.15) is 21.6 Å². The first kappa shape index (κ1) is 16.3. The van der Waals surface area contributed by atoms with Crippen LogP contribution in [0, 0.1) is 17.5 Å². The van der Waals surface area contributed by atoms with Gasteiger partial charge in [0.25, 0.3) is 0 Å². The number of nitrogens with zero attached hydrogens (tertiary/aromatic N) is 4. The van der Waals surface area contributed by atoms with Gasteiger partial charge in [0, 0.05) is 28.6 Å². The van der Waals surface area contributed by atoms with Gasteiger partial charge in [0.1, 0.15) is 23.1 Å². The molecule has 0 spiro atoms. The lowest BCUT2D eigenvalue weighted by atomic mass is 9.98. The van der Waals surface area contributed by atoms with Crippen LogP contribution in [-0.2, 0) is 13.1 Å². The second kappa shape index (κ2) is 5.44.